The number of nitrogens with zero attached hydrogens (tertiary/aromatic N) is 1. The zero-order chi connectivity index (χ0) is 15.3. The van der Waals surface area contributed by atoms with E-state index in [1.165, 1.54) is 38.8 Å². The van der Waals surface area contributed by atoms with Gasteiger partial charge >= 0.3 is 0 Å². The van der Waals surface area contributed by atoms with Crippen LogP contribution in [0.4, 0.5) is 0 Å². The Morgan fingerprint density at radius 2 is 1.85 bits per heavy atom. The highest BCUT2D eigenvalue weighted by Crippen LogP contribution is 2.40. The first kappa shape index (κ1) is 18.0. The van der Waals surface area contributed by atoms with Gasteiger partial charge in [-0.1, -0.05) is 48.0 Å². The topological polar surface area (TPSA) is 29.3 Å². The molecule has 2 nitrogen and oxygen atoms in total. The Labute approximate surface area is 127 Å². The molecule has 0 bridgehead atoms. The van der Waals surface area contributed by atoms with E-state index in [0.29, 0.717) is 17.4 Å². The van der Waals surface area contributed by atoms with Crippen LogP contribution < -0.4 is 5.73 Å². The molecule has 0 saturated heterocycles. The largest absolute Gasteiger partial charge is 0.327 e. The summed E-state index contributed by atoms with van der Waals surface area (Å²) in [4.78, 5) is 2.63. The maximum absolute atomic E-state index is 6.42. The highest BCUT2D eigenvalue weighted by Gasteiger charge is 2.34. The van der Waals surface area contributed by atoms with E-state index >= 15 is 0 Å². The van der Waals surface area contributed by atoms with E-state index in [1.807, 2.05) is 0 Å². The van der Waals surface area contributed by atoms with Gasteiger partial charge in [0.1, 0.15) is 0 Å². The molecule has 0 aliphatic heterocycles. The van der Waals surface area contributed by atoms with E-state index in [4.69, 9.17) is 5.73 Å². The molecule has 0 aromatic rings. The van der Waals surface area contributed by atoms with Crippen molar-refractivity contribution >= 4 is 0 Å². The van der Waals surface area contributed by atoms with E-state index in [9.17, 15) is 0 Å². The molecule has 0 heterocycles. The Hall–Kier alpha value is -0.0800. The fourth-order valence-electron chi connectivity index (χ4n) is 3.52. The van der Waals surface area contributed by atoms with Crippen molar-refractivity contribution in [2.75, 3.05) is 19.6 Å². The summed E-state index contributed by atoms with van der Waals surface area (Å²) in [5, 5.41) is 0. The molecule has 4 atom stereocenters. The van der Waals surface area contributed by atoms with Crippen LogP contribution in [0.15, 0.2) is 0 Å². The minimum Gasteiger partial charge on any atom is -0.327 e. The summed E-state index contributed by atoms with van der Waals surface area (Å²) >= 11 is 0. The van der Waals surface area contributed by atoms with Crippen LogP contribution in [-0.4, -0.2) is 30.6 Å². The molecule has 4 unspecified atom stereocenters. The SMILES string of the molecule is CCC(C)CN(CC)CC1CC(C(C)(C)C)CCC1N. The van der Waals surface area contributed by atoms with Gasteiger partial charge in [0.15, 0.2) is 0 Å². The van der Waals surface area contributed by atoms with Gasteiger partial charge in [0.2, 0.25) is 0 Å². The molecule has 1 rings (SSSR count). The standard InChI is InChI=1S/C18H38N2/c1-7-14(3)12-20(8-2)13-15-11-16(18(4,5)6)9-10-17(15)19/h14-17H,7-13,19H2,1-6H3. The summed E-state index contributed by atoms with van der Waals surface area (Å²) in [6.45, 7) is 17.7. The first-order valence-corrected chi connectivity index (χ1v) is 8.75. The lowest BCUT2D eigenvalue weighted by Gasteiger charge is -2.42. The Kier molecular flexibility index (Phi) is 7.00. The van der Waals surface area contributed by atoms with Crippen molar-refractivity contribution in [3.05, 3.63) is 0 Å². The third kappa shape index (κ3) is 5.37. The Morgan fingerprint density at radius 3 is 2.35 bits per heavy atom. The highest BCUT2D eigenvalue weighted by molar-refractivity contribution is 4.88. The van der Waals surface area contributed by atoms with Gasteiger partial charge in [-0.3, -0.25) is 0 Å². The number of rotatable bonds is 6. The van der Waals surface area contributed by atoms with Gasteiger partial charge in [-0.15, -0.1) is 0 Å². The normalized spacial score (nSPS) is 29.7. The van der Waals surface area contributed by atoms with Crippen LogP contribution in [0, 0.1) is 23.2 Å². The average molecular weight is 283 g/mol. The van der Waals surface area contributed by atoms with Crippen LogP contribution in [0.1, 0.15) is 67.2 Å². The smallest absolute Gasteiger partial charge is 0.00795 e. The van der Waals surface area contributed by atoms with E-state index in [1.54, 1.807) is 0 Å². The molecule has 0 aromatic heterocycles. The van der Waals surface area contributed by atoms with Crippen LogP contribution in [0.5, 0.6) is 0 Å². The lowest BCUT2D eigenvalue weighted by atomic mass is 9.67. The molecule has 1 aliphatic carbocycles. The molecule has 120 valence electrons. The fraction of sp³-hybridized carbons (Fsp3) is 1.00. The van der Waals surface area contributed by atoms with Crippen LogP contribution in [-0.2, 0) is 0 Å². The highest BCUT2D eigenvalue weighted by atomic mass is 15.1. The molecule has 1 saturated carbocycles. The van der Waals surface area contributed by atoms with Crippen molar-refractivity contribution in [3.63, 3.8) is 0 Å². The summed E-state index contributed by atoms with van der Waals surface area (Å²) < 4.78 is 0. The van der Waals surface area contributed by atoms with Crippen molar-refractivity contribution in [1.82, 2.24) is 4.90 Å². The monoisotopic (exact) mass is 282 g/mol. The molecular formula is C18H38N2. The molecule has 2 N–H and O–H groups in total. The summed E-state index contributed by atoms with van der Waals surface area (Å²) in [5.41, 5.74) is 6.86. The summed E-state index contributed by atoms with van der Waals surface area (Å²) in [5.74, 6) is 2.33. The lowest BCUT2D eigenvalue weighted by molar-refractivity contribution is 0.0958. The minimum absolute atomic E-state index is 0.416. The fourth-order valence-corrected chi connectivity index (χ4v) is 3.52. The summed E-state index contributed by atoms with van der Waals surface area (Å²) in [6.07, 6.45) is 5.13. The van der Waals surface area contributed by atoms with E-state index in [0.717, 1.165) is 18.4 Å². The Balaban J connectivity index is 2.58. The van der Waals surface area contributed by atoms with Crippen molar-refractivity contribution in [2.24, 2.45) is 28.9 Å². The third-order valence-corrected chi connectivity index (χ3v) is 5.47. The molecule has 0 aromatic carbocycles. The first-order chi connectivity index (χ1) is 9.27. The van der Waals surface area contributed by atoms with Crippen LogP contribution in [0.3, 0.4) is 0 Å². The predicted molar refractivity (Wildman–Crippen MR) is 89.8 cm³/mol. The predicted octanol–water partition coefficient (Wildman–Crippen LogP) is 4.14. The van der Waals surface area contributed by atoms with Crippen LogP contribution in [0.25, 0.3) is 0 Å². The maximum Gasteiger partial charge on any atom is 0.00795 e. The molecule has 0 amide bonds. The minimum atomic E-state index is 0.416. The third-order valence-electron chi connectivity index (χ3n) is 5.47. The lowest BCUT2D eigenvalue weighted by Crippen LogP contribution is -2.45. The molecule has 1 fully saturated rings. The van der Waals surface area contributed by atoms with E-state index < -0.39 is 0 Å². The number of nitrogens with two attached hydrogens (primary N) is 1. The van der Waals surface area contributed by atoms with Crippen molar-refractivity contribution in [2.45, 2.75) is 73.3 Å². The van der Waals surface area contributed by atoms with Crippen molar-refractivity contribution < 1.29 is 0 Å². The van der Waals surface area contributed by atoms with Gasteiger partial charge in [-0.05, 0) is 49.0 Å². The van der Waals surface area contributed by atoms with Gasteiger partial charge in [-0.25, -0.2) is 0 Å². The molecule has 20 heavy (non-hydrogen) atoms. The van der Waals surface area contributed by atoms with E-state index in [-0.39, 0.29) is 0 Å². The van der Waals surface area contributed by atoms with Gasteiger partial charge in [0.25, 0.3) is 0 Å². The maximum atomic E-state index is 6.42. The Morgan fingerprint density at radius 1 is 1.20 bits per heavy atom. The zero-order valence-electron chi connectivity index (χ0n) is 14.8. The zero-order valence-corrected chi connectivity index (χ0v) is 14.8. The second kappa shape index (κ2) is 7.79. The van der Waals surface area contributed by atoms with Crippen molar-refractivity contribution in [1.29, 1.82) is 0 Å². The van der Waals surface area contributed by atoms with Gasteiger partial charge in [0.05, 0.1) is 0 Å². The number of hydrogen-bond donors (Lipinski definition) is 1. The molecule has 0 spiro atoms. The summed E-state index contributed by atoms with van der Waals surface area (Å²) in [7, 11) is 0. The molecule has 1 aliphatic rings. The van der Waals surface area contributed by atoms with Gasteiger partial charge in [-0.2, -0.15) is 0 Å². The van der Waals surface area contributed by atoms with Gasteiger partial charge in [0, 0.05) is 19.1 Å². The molecule has 0 radical (unpaired) electrons. The summed E-state index contributed by atoms with van der Waals surface area (Å²) in [6, 6.07) is 0.416. The first-order valence-electron chi connectivity index (χ1n) is 8.75. The second-order valence-corrected chi connectivity index (χ2v) is 8.17. The van der Waals surface area contributed by atoms with Crippen LogP contribution >= 0.6 is 0 Å². The molecular weight excluding hydrogens is 244 g/mol. The van der Waals surface area contributed by atoms with E-state index in [2.05, 4.69) is 46.4 Å². The molecule has 2 heteroatoms. The number of hydrogen-bond acceptors (Lipinski definition) is 2. The van der Waals surface area contributed by atoms with Gasteiger partial charge < -0.3 is 10.6 Å². The average Bonchev–Trinajstić information content (AvgIpc) is 2.38. The van der Waals surface area contributed by atoms with Crippen LogP contribution in [0.2, 0.25) is 0 Å². The Bertz CT molecular complexity index is 269. The second-order valence-electron chi connectivity index (χ2n) is 8.17. The quantitative estimate of drug-likeness (QED) is 0.793. The van der Waals surface area contributed by atoms with Crippen molar-refractivity contribution in [3.8, 4) is 0 Å².